The topological polar surface area (TPSA) is 21.8 Å². The van der Waals surface area contributed by atoms with Crippen molar-refractivity contribution in [2.45, 2.75) is 18.9 Å². The Kier molecular flexibility index (Phi) is 4.14. The molecule has 0 aromatic heterocycles. The number of hydrogen-bond acceptors (Lipinski definition) is 2. The maximum absolute atomic E-state index is 5.50. The van der Waals surface area contributed by atoms with Crippen LogP contribution in [0.15, 0.2) is 30.8 Å². The molecule has 1 fully saturated rings. The first-order chi connectivity index (χ1) is 7.90. The minimum atomic E-state index is 0.375. The molecule has 1 heterocycles. The first-order valence-corrected chi connectivity index (χ1v) is 5.80. The van der Waals surface area contributed by atoms with E-state index in [9.17, 15) is 0 Å². The van der Waals surface area contributed by atoms with E-state index >= 15 is 0 Å². The molecule has 0 N–H and O–H groups in total. The van der Waals surface area contributed by atoms with Crippen LogP contribution in [0.5, 0.6) is 0 Å². The first kappa shape index (κ1) is 11.4. The summed E-state index contributed by atoms with van der Waals surface area (Å²) >= 11 is 0. The standard InChI is InChI=1S/C14H18O2/c1-2-12-6-3-4-7-13(12)8-5-9-15-10-14-11-16-14/h2-4,6-7,14H,1,5,8-11H2. The van der Waals surface area contributed by atoms with Gasteiger partial charge in [0.05, 0.1) is 13.2 Å². The van der Waals surface area contributed by atoms with Gasteiger partial charge in [0.1, 0.15) is 6.10 Å². The van der Waals surface area contributed by atoms with Gasteiger partial charge in [-0.1, -0.05) is 36.9 Å². The smallest absolute Gasteiger partial charge is 0.104 e. The lowest BCUT2D eigenvalue weighted by Crippen LogP contribution is -2.03. The van der Waals surface area contributed by atoms with E-state index in [1.165, 1.54) is 11.1 Å². The zero-order valence-corrected chi connectivity index (χ0v) is 9.52. The van der Waals surface area contributed by atoms with Crippen LogP contribution in [0.4, 0.5) is 0 Å². The molecular weight excluding hydrogens is 200 g/mol. The summed E-state index contributed by atoms with van der Waals surface area (Å²) < 4.78 is 10.6. The van der Waals surface area contributed by atoms with Crippen LogP contribution in [0, 0.1) is 0 Å². The molecule has 0 saturated carbocycles. The van der Waals surface area contributed by atoms with E-state index in [0.717, 1.165) is 32.7 Å². The molecule has 1 aliphatic rings. The largest absolute Gasteiger partial charge is 0.379 e. The van der Waals surface area contributed by atoms with E-state index in [-0.39, 0.29) is 0 Å². The van der Waals surface area contributed by atoms with Gasteiger partial charge in [0.15, 0.2) is 0 Å². The number of ether oxygens (including phenoxy) is 2. The highest BCUT2D eigenvalue weighted by Crippen LogP contribution is 2.13. The van der Waals surface area contributed by atoms with Crippen LogP contribution < -0.4 is 0 Å². The van der Waals surface area contributed by atoms with Crippen LogP contribution >= 0.6 is 0 Å². The van der Waals surface area contributed by atoms with Crippen LogP contribution in [0.1, 0.15) is 17.5 Å². The second-order valence-electron chi connectivity index (χ2n) is 4.04. The third-order valence-electron chi connectivity index (χ3n) is 2.72. The fourth-order valence-electron chi connectivity index (χ4n) is 1.70. The van der Waals surface area contributed by atoms with Crippen LogP contribution in [0.25, 0.3) is 6.08 Å². The molecule has 0 amide bonds. The third-order valence-corrected chi connectivity index (χ3v) is 2.72. The summed E-state index contributed by atoms with van der Waals surface area (Å²) in [6.45, 7) is 6.26. The van der Waals surface area contributed by atoms with Crippen molar-refractivity contribution in [1.29, 1.82) is 0 Å². The molecule has 0 radical (unpaired) electrons. The molecule has 1 aromatic rings. The van der Waals surface area contributed by atoms with Crippen LogP contribution in [-0.2, 0) is 15.9 Å². The number of hydrogen-bond donors (Lipinski definition) is 0. The van der Waals surface area contributed by atoms with Gasteiger partial charge in [0.2, 0.25) is 0 Å². The summed E-state index contributed by atoms with van der Waals surface area (Å²) in [6, 6.07) is 8.37. The Balaban J connectivity index is 1.68. The predicted molar refractivity (Wildman–Crippen MR) is 65.4 cm³/mol. The Morgan fingerprint density at radius 3 is 3.00 bits per heavy atom. The Labute approximate surface area is 96.9 Å². The molecule has 1 aromatic carbocycles. The quantitative estimate of drug-likeness (QED) is 0.518. The van der Waals surface area contributed by atoms with Gasteiger partial charge >= 0.3 is 0 Å². The molecule has 2 nitrogen and oxygen atoms in total. The molecule has 16 heavy (non-hydrogen) atoms. The molecule has 2 rings (SSSR count). The summed E-state index contributed by atoms with van der Waals surface area (Å²) in [5.74, 6) is 0. The molecular formula is C14H18O2. The molecule has 0 spiro atoms. The second kappa shape index (κ2) is 5.83. The van der Waals surface area contributed by atoms with Gasteiger partial charge in [-0.3, -0.25) is 0 Å². The van der Waals surface area contributed by atoms with Crippen molar-refractivity contribution in [3.63, 3.8) is 0 Å². The highest BCUT2D eigenvalue weighted by Gasteiger charge is 2.21. The van der Waals surface area contributed by atoms with Gasteiger partial charge in [-0.25, -0.2) is 0 Å². The fourth-order valence-corrected chi connectivity index (χ4v) is 1.70. The Morgan fingerprint density at radius 1 is 1.44 bits per heavy atom. The maximum atomic E-state index is 5.50. The minimum absolute atomic E-state index is 0.375. The van der Waals surface area contributed by atoms with Gasteiger partial charge in [0, 0.05) is 6.61 Å². The lowest BCUT2D eigenvalue weighted by atomic mass is 10.0. The van der Waals surface area contributed by atoms with Crippen molar-refractivity contribution in [3.8, 4) is 0 Å². The Hall–Kier alpha value is -1.12. The van der Waals surface area contributed by atoms with Gasteiger partial charge in [-0.15, -0.1) is 0 Å². The molecule has 0 bridgehead atoms. The van der Waals surface area contributed by atoms with Crippen molar-refractivity contribution in [2.75, 3.05) is 19.8 Å². The summed E-state index contributed by atoms with van der Waals surface area (Å²) in [5.41, 5.74) is 2.58. The van der Waals surface area contributed by atoms with Crippen LogP contribution in [0.2, 0.25) is 0 Å². The average molecular weight is 218 g/mol. The normalized spacial score (nSPS) is 18.4. The second-order valence-corrected chi connectivity index (χ2v) is 4.04. The van der Waals surface area contributed by atoms with E-state index in [4.69, 9.17) is 9.47 Å². The minimum Gasteiger partial charge on any atom is -0.379 e. The van der Waals surface area contributed by atoms with E-state index in [2.05, 4.69) is 24.8 Å². The Bertz CT molecular complexity index is 342. The van der Waals surface area contributed by atoms with Crippen molar-refractivity contribution in [1.82, 2.24) is 0 Å². The summed E-state index contributed by atoms with van der Waals surface area (Å²) in [7, 11) is 0. The summed E-state index contributed by atoms with van der Waals surface area (Å²) in [6.07, 6.45) is 4.39. The monoisotopic (exact) mass is 218 g/mol. The highest BCUT2D eigenvalue weighted by molar-refractivity contribution is 5.51. The molecule has 86 valence electrons. The van der Waals surface area contributed by atoms with Crippen LogP contribution in [-0.4, -0.2) is 25.9 Å². The van der Waals surface area contributed by atoms with Crippen molar-refractivity contribution in [2.24, 2.45) is 0 Å². The van der Waals surface area contributed by atoms with Crippen LogP contribution in [0.3, 0.4) is 0 Å². The average Bonchev–Trinajstić information content (AvgIpc) is 3.13. The molecule has 1 atom stereocenters. The van der Waals surface area contributed by atoms with Crippen molar-refractivity contribution in [3.05, 3.63) is 42.0 Å². The van der Waals surface area contributed by atoms with Gasteiger partial charge < -0.3 is 9.47 Å². The van der Waals surface area contributed by atoms with Crippen molar-refractivity contribution >= 4 is 6.08 Å². The SMILES string of the molecule is C=Cc1ccccc1CCCOCC1CO1. The van der Waals surface area contributed by atoms with Gasteiger partial charge in [-0.2, -0.15) is 0 Å². The van der Waals surface area contributed by atoms with E-state index in [0.29, 0.717) is 6.10 Å². The van der Waals surface area contributed by atoms with E-state index in [1.54, 1.807) is 0 Å². The predicted octanol–water partition coefficient (Wildman–Crippen LogP) is 2.68. The van der Waals surface area contributed by atoms with E-state index < -0.39 is 0 Å². The zero-order chi connectivity index (χ0) is 11.2. The fraction of sp³-hybridized carbons (Fsp3) is 0.429. The molecule has 0 aliphatic carbocycles. The van der Waals surface area contributed by atoms with Gasteiger partial charge in [-0.05, 0) is 24.0 Å². The molecule has 1 unspecified atom stereocenters. The lowest BCUT2D eigenvalue weighted by Gasteiger charge is -2.06. The maximum Gasteiger partial charge on any atom is 0.104 e. The molecule has 2 heteroatoms. The zero-order valence-electron chi connectivity index (χ0n) is 9.52. The lowest BCUT2D eigenvalue weighted by molar-refractivity contribution is 0.114. The van der Waals surface area contributed by atoms with Crippen molar-refractivity contribution < 1.29 is 9.47 Å². The third kappa shape index (κ3) is 3.47. The number of aryl methyl sites for hydroxylation is 1. The Morgan fingerprint density at radius 2 is 2.25 bits per heavy atom. The number of benzene rings is 1. The summed E-state index contributed by atoms with van der Waals surface area (Å²) in [5, 5.41) is 0. The first-order valence-electron chi connectivity index (χ1n) is 5.80. The highest BCUT2D eigenvalue weighted by atomic mass is 16.6. The molecule has 1 aliphatic heterocycles. The number of epoxide rings is 1. The molecule has 1 saturated heterocycles. The van der Waals surface area contributed by atoms with Gasteiger partial charge in [0.25, 0.3) is 0 Å². The number of rotatable bonds is 7. The summed E-state index contributed by atoms with van der Waals surface area (Å²) in [4.78, 5) is 0. The van der Waals surface area contributed by atoms with E-state index in [1.807, 2.05) is 12.1 Å².